The number of benzene rings is 1. The summed E-state index contributed by atoms with van der Waals surface area (Å²) in [4.78, 5) is 30.0. The Morgan fingerprint density at radius 2 is 1.93 bits per heavy atom. The van der Waals surface area contributed by atoms with Crippen molar-refractivity contribution in [1.82, 2.24) is 10.1 Å². The van der Waals surface area contributed by atoms with Crippen LogP contribution in [-0.4, -0.2) is 56.7 Å². The van der Waals surface area contributed by atoms with Gasteiger partial charge in [0, 0.05) is 11.3 Å². The Hall–Kier alpha value is -3.40. The first-order valence-electron chi connectivity index (χ1n) is 7.82. The smallest absolute Gasteiger partial charge is 0.417 e. The summed E-state index contributed by atoms with van der Waals surface area (Å²) in [5.74, 6) is -1.03. The van der Waals surface area contributed by atoms with Crippen LogP contribution in [0.4, 0.5) is 5.69 Å². The second-order valence-electron chi connectivity index (χ2n) is 5.35. The molecule has 1 aromatic heterocycles. The quantitative estimate of drug-likeness (QED) is 0.705. The molecule has 0 bridgehead atoms. The first-order chi connectivity index (χ1) is 13.1. The summed E-state index contributed by atoms with van der Waals surface area (Å²) in [6, 6.07) is 6.97. The molecular weight excluding hydrogens is 358 g/mol. The number of hydrogen-bond donors (Lipinski definition) is 0. The summed E-state index contributed by atoms with van der Waals surface area (Å²) < 4.78 is 24.9. The first kappa shape index (κ1) is 18.4. The third kappa shape index (κ3) is 3.60. The molecular formula is C17H17N3O7. The molecule has 142 valence electrons. The number of esters is 2. The highest BCUT2D eigenvalue weighted by atomic mass is 16.6. The molecule has 0 unspecified atom stereocenters. The summed E-state index contributed by atoms with van der Waals surface area (Å²) >= 11 is 0. The summed E-state index contributed by atoms with van der Waals surface area (Å²) in [5, 5.41) is 3.83. The summed E-state index contributed by atoms with van der Waals surface area (Å²) in [7, 11) is 3.88. The molecule has 0 N–H and O–H groups in total. The van der Waals surface area contributed by atoms with Crippen LogP contribution in [0.5, 0.6) is 6.08 Å². The van der Waals surface area contributed by atoms with E-state index in [1.165, 1.54) is 26.2 Å². The van der Waals surface area contributed by atoms with E-state index in [1.807, 2.05) is 0 Å². The van der Waals surface area contributed by atoms with Crippen molar-refractivity contribution in [2.45, 2.75) is 0 Å². The van der Waals surface area contributed by atoms with Gasteiger partial charge in [-0.2, -0.15) is 4.98 Å². The van der Waals surface area contributed by atoms with Crippen molar-refractivity contribution in [1.29, 1.82) is 0 Å². The minimum absolute atomic E-state index is 0.0276. The van der Waals surface area contributed by atoms with Crippen molar-refractivity contribution in [2.75, 3.05) is 39.6 Å². The highest BCUT2D eigenvalue weighted by Crippen LogP contribution is 2.30. The fraction of sp³-hybridized carbons (Fsp3) is 0.294. The summed E-state index contributed by atoms with van der Waals surface area (Å²) in [6.07, 6.45) is 0.0276. The van der Waals surface area contributed by atoms with Crippen LogP contribution < -0.4 is 9.64 Å². The SMILES string of the molecule is COC(=O)C1=C(C(=O)OC)N(c2cccc(-c3noc(OC)n3)c2)COC1. The molecule has 2 heterocycles. The third-order valence-electron chi connectivity index (χ3n) is 3.83. The molecule has 1 aliphatic rings. The maximum atomic E-state index is 12.3. The van der Waals surface area contributed by atoms with Crippen LogP contribution in [0, 0.1) is 0 Å². The van der Waals surface area contributed by atoms with Gasteiger partial charge in [-0.15, -0.1) is 0 Å². The minimum Gasteiger partial charge on any atom is -0.466 e. The monoisotopic (exact) mass is 375 g/mol. The van der Waals surface area contributed by atoms with Gasteiger partial charge in [-0.25, -0.2) is 9.59 Å². The Morgan fingerprint density at radius 3 is 2.59 bits per heavy atom. The molecule has 10 heteroatoms. The van der Waals surface area contributed by atoms with Gasteiger partial charge >= 0.3 is 18.0 Å². The zero-order chi connectivity index (χ0) is 19.4. The van der Waals surface area contributed by atoms with Crippen LogP contribution in [0.1, 0.15) is 0 Å². The number of methoxy groups -OCH3 is 3. The summed E-state index contributed by atoms with van der Waals surface area (Å²) in [5.41, 5.74) is 1.31. The molecule has 1 aromatic carbocycles. The molecule has 0 saturated carbocycles. The van der Waals surface area contributed by atoms with E-state index in [1.54, 1.807) is 24.3 Å². The van der Waals surface area contributed by atoms with Gasteiger partial charge in [-0.1, -0.05) is 17.3 Å². The second kappa shape index (κ2) is 7.87. The fourth-order valence-corrected chi connectivity index (χ4v) is 2.57. The van der Waals surface area contributed by atoms with E-state index in [0.29, 0.717) is 17.1 Å². The minimum atomic E-state index is -0.676. The lowest BCUT2D eigenvalue weighted by Crippen LogP contribution is -2.38. The van der Waals surface area contributed by atoms with Gasteiger partial charge in [-0.3, -0.25) is 4.52 Å². The second-order valence-corrected chi connectivity index (χ2v) is 5.35. The Labute approximate surface area is 154 Å². The van der Waals surface area contributed by atoms with Crippen LogP contribution in [0.25, 0.3) is 11.4 Å². The van der Waals surface area contributed by atoms with Gasteiger partial charge < -0.3 is 23.8 Å². The van der Waals surface area contributed by atoms with Gasteiger partial charge in [0.15, 0.2) is 0 Å². The van der Waals surface area contributed by atoms with Gasteiger partial charge in [0.1, 0.15) is 12.4 Å². The lowest BCUT2D eigenvalue weighted by molar-refractivity contribution is -0.140. The predicted octanol–water partition coefficient (Wildman–Crippen LogP) is 1.14. The fourth-order valence-electron chi connectivity index (χ4n) is 2.57. The molecule has 0 amide bonds. The Balaban J connectivity index is 2.04. The van der Waals surface area contributed by atoms with E-state index in [9.17, 15) is 9.59 Å². The van der Waals surface area contributed by atoms with Crippen molar-refractivity contribution in [2.24, 2.45) is 0 Å². The normalized spacial score (nSPS) is 14.1. The zero-order valence-corrected chi connectivity index (χ0v) is 14.9. The molecule has 1 aliphatic heterocycles. The van der Waals surface area contributed by atoms with Gasteiger partial charge in [0.2, 0.25) is 5.82 Å². The van der Waals surface area contributed by atoms with Crippen LogP contribution >= 0.6 is 0 Å². The standard InChI is InChI=1S/C17H17N3O7/c1-23-15(21)12-8-26-9-20(13(12)16(22)24-2)11-6-4-5-10(7-11)14-18-17(25-3)27-19-14/h4-7H,8-9H2,1-3H3. The van der Waals surface area contributed by atoms with Crippen molar-refractivity contribution in [3.05, 3.63) is 35.5 Å². The van der Waals surface area contributed by atoms with Gasteiger partial charge in [0.05, 0.1) is 33.5 Å². The zero-order valence-electron chi connectivity index (χ0n) is 14.9. The van der Waals surface area contributed by atoms with Crippen molar-refractivity contribution >= 4 is 17.6 Å². The molecule has 0 radical (unpaired) electrons. The van der Waals surface area contributed by atoms with Crippen LogP contribution in [0.2, 0.25) is 0 Å². The number of nitrogens with zero attached hydrogens (tertiary/aromatic N) is 3. The molecule has 27 heavy (non-hydrogen) atoms. The topological polar surface area (TPSA) is 113 Å². The molecule has 0 saturated heterocycles. The number of ether oxygens (including phenoxy) is 4. The number of rotatable bonds is 5. The highest BCUT2D eigenvalue weighted by Gasteiger charge is 2.32. The molecule has 10 nitrogen and oxygen atoms in total. The molecule has 0 spiro atoms. The average molecular weight is 375 g/mol. The van der Waals surface area contributed by atoms with Crippen LogP contribution in [-0.2, 0) is 23.8 Å². The molecule has 0 atom stereocenters. The van der Waals surface area contributed by atoms with Crippen molar-refractivity contribution < 1.29 is 33.1 Å². The lowest BCUT2D eigenvalue weighted by Gasteiger charge is -2.31. The van der Waals surface area contributed by atoms with Crippen LogP contribution in [0.15, 0.2) is 40.1 Å². The third-order valence-corrected chi connectivity index (χ3v) is 3.83. The van der Waals surface area contributed by atoms with Crippen molar-refractivity contribution in [3.63, 3.8) is 0 Å². The van der Waals surface area contributed by atoms with E-state index in [-0.39, 0.29) is 30.7 Å². The van der Waals surface area contributed by atoms with E-state index in [0.717, 1.165) is 0 Å². The first-order valence-corrected chi connectivity index (χ1v) is 7.82. The Morgan fingerprint density at radius 1 is 1.15 bits per heavy atom. The van der Waals surface area contributed by atoms with E-state index < -0.39 is 11.9 Å². The van der Waals surface area contributed by atoms with Crippen molar-refractivity contribution in [3.8, 4) is 17.5 Å². The number of carbonyl (C=O) groups excluding carboxylic acids is 2. The predicted molar refractivity (Wildman–Crippen MR) is 90.6 cm³/mol. The summed E-state index contributed by atoms with van der Waals surface area (Å²) in [6.45, 7) is -0.0146. The van der Waals surface area contributed by atoms with Crippen LogP contribution in [0.3, 0.4) is 0 Å². The molecule has 2 aromatic rings. The lowest BCUT2D eigenvalue weighted by atomic mass is 10.1. The van der Waals surface area contributed by atoms with E-state index in [4.69, 9.17) is 23.5 Å². The number of anilines is 1. The largest absolute Gasteiger partial charge is 0.466 e. The van der Waals surface area contributed by atoms with E-state index in [2.05, 4.69) is 10.1 Å². The highest BCUT2D eigenvalue weighted by molar-refractivity contribution is 6.03. The maximum Gasteiger partial charge on any atom is 0.417 e. The number of carbonyl (C=O) groups is 2. The Bertz CT molecular complexity index is 890. The molecule has 3 rings (SSSR count). The van der Waals surface area contributed by atoms with Gasteiger partial charge in [0.25, 0.3) is 0 Å². The Kier molecular flexibility index (Phi) is 5.36. The molecule has 0 aliphatic carbocycles. The maximum absolute atomic E-state index is 12.3. The number of aromatic nitrogens is 2. The van der Waals surface area contributed by atoms with E-state index >= 15 is 0 Å². The average Bonchev–Trinajstić information content (AvgIpc) is 3.21. The number of hydrogen-bond acceptors (Lipinski definition) is 10. The molecule has 0 fully saturated rings. The van der Waals surface area contributed by atoms with Gasteiger partial charge in [-0.05, 0) is 12.1 Å².